The summed E-state index contributed by atoms with van der Waals surface area (Å²) in [5.41, 5.74) is 2.59. The average Bonchev–Trinajstić information content (AvgIpc) is 3.42. The SMILES string of the molecule is O=C1CC[C@H](c2cn(-c3cc(F)cc(F)c3)nc2-c2ccc(F)cn2)N1CCc1ccc(O)cc1. The number of hydrogen-bond acceptors (Lipinski definition) is 4. The number of pyridine rings is 1. The molecule has 9 heteroatoms. The Morgan fingerprint density at radius 3 is 2.40 bits per heavy atom. The highest BCUT2D eigenvalue weighted by Crippen LogP contribution is 2.38. The first-order valence-electron chi connectivity index (χ1n) is 11.1. The molecule has 2 aromatic heterocycles. The van der Waals surface area contributed by atoms with Crippen LogP contribution < -0.4 is 0 Å². The molecule has 0 unspecified atom stereocenters. The van der Waals surface area contributed by atoms with Crippen molar-refractivity contribution in [3.63, 3.8) is 0 Å². The molecule has 3 heterocycles. The fraction of sp³-hybridized carbons (Fsp3) is 0.192. The van der Waals surface area contributed by atoms with Crippen LogP contribution in [0.2, 0.25) is 0 Å². The van der Waals surface area contributed by atoms with Crippen LogP contribution in [0.4, 0.5) is 13.2 Å². The number of phenolic OH excluding ortho intramolecular Hbond substituents is 1. The minimum absolute atomic E-state index is 0.0173. The van der Waals surface area contributed by atoms with E-state index in [4.69, 9.17) is 0 Å². The summed E-state index contributed by atoms with van der Waals surface area (Å²) in [7, 11) is 0. The third kappa shape index (κ3) is 4.75. The van der Waals surface area contributed by atoms with Gasteiger partial charge in [-0.1, -0.05) is 12.1 Å². The van der Waals surface area contributed by atoms with Gasteiger partial charge in [-0.15, -0.1) is 0 Å². The Morgan fingerprint density at radius 2 is 1.71 bits per heavy atom. The van der Waals surface area contributed by atoms with Crippen LogP contribution in [0.15, 0.2) is 67.0 Å². The molecule has 0 spiro atoms. The van der Waals surface area contributed by atoms with Crippen molar-refractivity contribution in [1.29, 1.82) is 0 Å². The molecule has 1 fully saturated rings. The van der Waals surface area contributed by atoms with Gasteiger partial charge in [0, 0.05) is 30.8 Å². The zero-order valence-corrected chi connectivity index (χ0v) is 18.5. The van der Waals surface area contributed by atoms with Crippen LogP contribution in [0.1, 0.15) is 30.0 Å². The van der Waals surface area contributed by atoms with Crippen molar-refractivity contribution in [3.05, 3.63) is 95.6 Å². The summed E-state index contributed by atoms with van der Waals surface area (Å²) in [4.78, 5) is 18.7. The highest BCUT2D eigenvalue weighted by atomic mass is 19.1. The molecule has 1 aliphatic heterocycles. The first-order chi connectivity index (χ1) is 16.9. The summed E-state index contributed by atoms with van der Waals surface area (Å²) in [6.07, 6.45) is 4.17. The van der Waals surface area contributed by atoms with E-state index in [1.54, 1.807) is 35.4 Å². The van der Waals surface area contributed by atoms with E-state index in [1.807, 2.05) is 0 Å². The van der Waals surface area contributed by atoms with Gasteiger partial charge in [0.1, 0.15) is 28.9 Å². The summed E-state index contributed by atoms with van der Waals surface area (Å²) >= 11 is 0. The maximum absolute atomic E-state index is 13.9. The second-order valence-corrected chi connectivity index (χ2v) is 8.42. The number of benzene rings is 2. The number of aromatic nitrogens is 3. The lowest BCUT2D eigenvalue weighted by atomic mass is 10.0. The third-order valence-electron chi connectivity index (χ3n) is 6.09. The molecule has 1 atom stereocenters. The van der Waals surface area contributed by atoms with E-state index in [9.17, 15) is 23.1 Å². The maximum atomic E-state index is 13.9. The summed E-state index contributed by atoms with van der Waals surface area (Å²) in [6, 6.07) is 12.3. The minimum Gasteiger partial charge on any atom is -0.508 e. The quantitative estimate of drug-likeness (QED) is 0.425. The first-order valence-corrected chi connectivity index (χ1v) is 11.1. The molecule has 0 saturated carbocycles. The number of carbonyl (C=O) groups excluding carboxylic acids is 1. The molecular formula is C26H21F3N4O2. The van der Waals surface area contributed by atoms with Gasteiger partial charge in [0.2, 0.25) is 5.91 Å². The Hall–Kier alpha value is -4.14. The number of amides is 1. The smallest absolute Gasteiger partial charge is 0.223 e. The number of carbonyl (C=O) groups is 1. The highest BCUT2D eigenvalue weighted by Gasteiger charge is 2.35. The lowest BCUT2D eigenvalue weighted by Crippen LogP contribution is -2.30. The molecule has 0 bridgehead atoms. The van der Waals surface area contributed by atoms with Gasteiger partial charge in [-0.2, -0.15) is 5.10 Å². The minimum atomic E-state index is -0.745. The molecule has 178 valence electrons. The predicted octanol–water partition coefficient (Wildman–Crippen LogP) is 4.96. The molecular weight excluding hydrogens is 457 g/mol. The van der Waals surface area contributed by atoms with Crippen LogP contribution in [-0.4, -0.2) is 37.2 Å². The van der Waals surface area contributed by atoms with E-state index >= 15 is 0 Å². The molecule has 1 saturated heterocycles. The van der Waals surface area contributed by atoms with Crippen molar-refractivity contribution >= 4 is 5.91 Å². The highest BCUT2D eigenvalue weighted by molar-refractivity contribution is 5.79. The maximum Gasteiger partial charge on any atom is 0.223 e. The summed E-state index contributed by atoms with van der Waals surface area (Å²) in [5.74, 6) is -1.85. The second kappa shape index (κ2) is 9.25. The van der Waals surface area contributed by atoms with E-state index in [1.165, 1.54) is 16.8 Å². The van der Waals surface area contributed by atoms with Gasteiger partial charge in [-0.25, -0.2) is 17.9 Å². The lowest BCUT2D eigenvalue weighted by molar-refractivity contribution is -0.129. The van der Waals surface area contributed by atoms with Crippen molar-refractivity contribution in [2.75, 3.05) is 6.54 Å². The van der Waals surface area contributed by atoms with E-state index in [0.29, 0.717) is 42.8 Å². The van der Waals surface area contributed by atoms with E-state index < -0.39 is 17.5 Å². The predicted molar refractivity (Wildman–Crippen MR) is 122 cm³/mol. The molecule has 0 radical (unpaired) electrons. The number of nitrogens with zero attached hydrogens (tertiary/aromatic N) is 4. The second-order valence-electron chi connectivity index (χ2n) is 8.42. The van der Waals surface area contributed by atoms with Gasteiger partial charge in [-0.3, -0.25) is 9.78 Å². The van der Waals surface area contributed by atoms with Crippen molar-refractivity contribution in [3.8, 4) is 22.8 Å². The normalized spacial score (nSPS) is 15.7. The number of likely N-dealkylation sites (tertiary alicyclic amines) is 1. The van der Waals surface area contributed by atoms with Crippen molar-refractivity contribution < 1.29 is 23.1 Å². The van der Waals surface area contributed by atoms with Gasteiger partial charge in [0.05, 0.1) is 23.6 Å². The fourth-order valence-corrected chi connectivity index (χ4v) is 4.40. The van der Waals surface area contributed by atoms with E-state index in [2.05, 4.69) is 10.1 Å². The van der Waals surface area contributed by atoms with Crippen LogP contribution in [0.5, 0.6) is 5.75 Å². The van der Waals surface area contributed by atoms with Gasteiger partial charge in [-0.05, 0) is 54.8 Å². The monoisotopic (exact) mass is 478 g/mol. The molecule has 2 aromatic carbocycles. The fourth-order valence-electron chi connectivity index (χ4n) is 4.40. The molecule has 4 aromatic rings. The molecule has 0 aliphatic carbocycles. The third-order valence-corrected chi connectivity index (χ3v) is 6.09. The molecule has 1 N–H and O–H groups in total. The number of hydrogen-bond donors (Lipinski definition) is 1. The van der Waals surface area contributed by atoms with Crippen molar-refractivity contribution in [2.24, 2.45) is 0 Å². The largest absolute Gasteiger partial charge is 0.508 e. The molecule has 35 heavy (non-hydrogen) atoms. The topological polar surface area (TPSA) is 71.2 Å². The number of halogens is 3. The van der Waals surface area contributed by atoms with Gasteiger partial charge in [0.25, 0.3) is 0 Å². The van der Waals surface area contributed by atoms with Crippen LogP contribution >= 0.6 is 0 Å². The Kier molecular flexibility index (Phi) is 5.98. The van der Waals surface area contributed by atoms with Gasteiger partial charge < -0.3 is 10.0 Å². The van der Waals surface area contributed by atoms with Gasteiger partial charge in [0.15, 0.2) is 0 Å². The van der Waals surface area contributed by atoms with Crippen LogP contribution in [0, 0.1) is 17.5 Å². The Labute approximate surface area is 199 Å². The molecule has 5 rings (SSSR count). The summed E-state index contributed by atoms with van der Waals surface area (Å²) < 4.78 is 42.6. The Bertz CT molecular complexity index is 1350. The first kappa shape index (κ1) is 22.6. The van der Waals surface area contributed by atoms with E-state index in [-0.39, 0.29) is 23.4 Å². The Morgan fingerprint density at radius 1 is 0.971 bits per heavy atom. The number of aromatic hydroxyl groups is 1. The molecule has 1 aliphatic rings. The Balaban J connectivity index is 1.53. The number of phenols is 1. The van der Waals surface area contributed by atoms with Crippen LogP contribution in [-0.2, 0) is 11.2 Å². The zero-order chi connectivity index (χ0) is 24.5. The van der Waals surface area contributed by atoms with Gasteiger partial charge >= 0.3 is 0 Å². The van der Waals surface area contributed by atoms with E-state index in [0.717, 1.165) is 30.0 Å². The van der Waals surface area contributed by atoms with Crippen LogP contribution in [0.25, 0.3) is 17.1 Å². The standard InChI is InChI=1S/C26H21F3N4O2/c27-17-3-6-23(30-14-17)26-22(15-33(31-26)20-12-18(28)11-19(29)13-20)24-7-8-25(35)32(24)10-9-16-1-4-21(34)5-2-16/h1-6,11-15,24,34H,7-10H2/t24-/m1/s1. The van der Waals surface area contributed by atoms with Crippen molar-refractivity contribution in [1.82, 2.24) is 19.7 Å². The number of rotatable bonds is 6. The molecule has 6 nitrogen and oxygen atoms in total. The average molecular weight is 478 g/mol. The lowest BCUT2D eigenvalue weighted by Gasteiger charge is -2.25. The summed E-state index contributed by atoms with van der Waals surface area (Å²) in [5, 5.41) is 14.0. The van der Waals surface area contributed by atoms with Crippen LogP contribution in [0.3, 0.4) is 0 Å². The van der Waals surface area contributed by atoms with Crippen molar-refractivity contribution in [2.45, 2.75) is 25.3 Å². The molecule has 1 amide bonds. The summed E-state index contributed by atoms with van der Waals surface area (Å²) in [6.45, 7) is 0.435. The zero-order valence-electron chi connectivity index (χ0n) is 18.5.